The Hall–Kier alpha value is -1.67. The normalized spacial score (nSPS) is 27.1. The zero-order valence-electron chi connectivity index (χ0n) is 11.2. The van der Waals surface area contributed by atoms with Crippen molar-refractivity contribution in [2.75, 3.05) is 16.4 Å². The Morgan fingerprint density at radius 1 is 1.38 bits per heavy atom. The van der Waals surface area contributed by atoms with Gasteiger partial charge in [-0.05, 0) is 25.1 Å². The van der Waals surface area contributed by atoms with Crippen LogP contribution in [0.25, 0.3) is 10.2 Å². The summed E-state index contributed by atoms with van der Waals surface area (Å²) in [4.78, 5) is 18.1. The molecule has 0 radical (unpaired) electrons. The summed E-state index contributed by atoms with van der Waals surface area (Å²) in [6.45, 7) is 1.94. The number of thiazole rings is 1. The van der Waals surface area contributed by atoms with Crippen LogP contribution in [0, 0.1) is 6.92 Å². The highest BCUT2D eigenvalue weighted by molar-refractivity contribution is 7.91. The Balaban J connectivity index is 1.78. The molecule has 2 saturated heterocycles. The molecule has 2 aromatic rings. The van der Waals surface area contributed by atoms with Gasteiger partial charge in [0.2, 0.25) is 0 Å². The van der Waals surface area contributed by atoms with Crippen molar-refractivity contribution in [1.29, 1.82) is 0 Å². The standard InChI is InChI=1S/C13H13N3O3S2/c1-7-14-9-3-2-8(4-12(9)20-7)16-11-6-21(18,19)5-10(11)15-13(16)17/h2-4,10-11H,5-6H2,1H3,(H,15,17)/t10-,11-/m0/s1. The topological polar surface area (TPSA) is 79.4 Å². The van der Waals surface area contributed by atoms with Gasteiger partial charge in [-0.1, -0.05) is 0 Å². The first-order valence-corrected chi connectivity index (χ1v) is 9.24. The lowest BCUT2D eigenvalue weighted by molar-refractivity contribution is 0.251. The molecule has 8 heteroatoms. The lowest BCUT2D eigenvalue weighted by Gasteiger charge is -2.21. The first-order chi connectivity index (χ1) is 9.93. The molecule has 2 aliphatic heterocycles. The van der Waals surface area contributed by atoms with Crippen molar-refractivity contribution in [2.24, 2.45) is 0 Å². The summed E-state index contributed by atoms with van der Waals surface area (Å²) in [5.74, 6) is 0.0536. The van der Waals surface area contributed by atoms with Crippen molar-refractivity contribution in [2.45, 2.75) is 19.0 Å². The molecule has 4 rings (SSSR count). The van der Waals surface area contributed by atoms with Crippen molar-refractivity contribution < 1.29 is 13.2 Å². The molecule has 2 aliphatic rings. The summed E-state index contributed by atoms with van der Waals surface area (Å²) in [6.07, 6.45) is 0. The highest BCUT2D eigenvalue weighted by Crippen LogP contribution is 2.32. The molecule has 110 valence electrons. The molecule has 1 N–H and O–H groups in total. The number of anilines is 1. The van der Waals surface area contributed by atoms with Crippen molar-refractivity contribution >= 4 is 43.1 Å². The fraction of sp³-hybridized carbons (Fsp3) is 0.385. The van der Waals surface area contributed by atoms with Crippen LogP contribution in [-0.4, -0.2) is 43.0 Å². The first kappa shape index (κ1) is 13.0. The molecule has 0 unspecified atom stereocenters. The Labute approximate surface area is 125 Å². The number of hydrogen-bond donors (Lipinski definition) is 1. The summed E-state index contributed by atoms with van der Waals surface area (Å²) < 4.78 is 24.5. The second-order valence-corrected chi connectivity index (χ2v) is 8.84. The predicted octanol–water partition coefficient (Wildman–Crippen LogP) is 1.30. The minimum atomic E-state index is -3.07. The second-order valence-electron chi connectivity index (χ2n) is 5.46. The summed E-state index contributed by atoms with van der Waals surface area (Å²) in [5.41, 5.74) is 1.63. The van der Waals surface area contributed by atoms with Gasteiger partial charge >= 0.3 is 6.03 Å². The van der Waals surface area contributed by atoms with Crippen LogP contribution >= 0.6 is 11.3 Å². The molecule has 1 aromatic carbocycles. The SMILES string of the molecule is Cc1nc2ccc(N3C(=O)N[C@H]4CS(=O)(=O)C[C@@H]43)cc2s1. The van der Waals surface area contributed by atoms with Gasteiger partial charge in [0.15, 0.2) is 9.84 Å². The average Bonchev–Trinajstić information content (AvgIpc) is 2.96. The van der Waals surface area contributed by atoms with Crippen LogP contribution in [0.4, 0.5) is 10.5 Å². The molecular formula is C13H13N3O3S2. The van der Waals surface area contributed by atoms with E-state index in [1.54, 1.807) is 16.2 Å². The molecule has 0 aliphatic carbocycles. The molecular weight excluding hydrogens is 310 g/mol. The molecule has 0 bridgehead atoms. The molecule has 6 nitrogen and oxygen atoms in total. The van der Waals surface area contributed by atoms with Crippen LogP contribution in [0.15, 0.2) is 18.2 Å². The number of nitrogens with one attached hydrogen (secondary N) is 1. The highest BCUT2D eigenvalue weighted by atomic mass is 32.2. The highest BCUT2D eigenvalue weighted by Gasteiger charge is 2.49. The molecule has 21 heavy (non-hydrogen) atoms. The van der Waals surface area contributed by atoms with E-state index in [-0.39, 0.29) is 29.6 Å². The van der Waals surface area contributed by atoms with Gasteiger partial charge in [-0.2, -0.15) is 0 Å². The molecule has 1 aromatic heterocycles. The zero-order chi connectivity index (χ0) is 14.8. The van der Waals surface area contributed by atoms with Gasteiger partial charge in [0.25, 0.3) is 0 Å². The van der Waals surface area contributed by atoms with Crippen LogP contribution in [0.3, 0.4) is 0 Å². The van der Waals surface area contributed by atoms with Crippen molar-refractivity contribution in [3.63, 3.8) is 0 Å². The maximum absolute atomic E-state index is 12.1. The van der Waals surface area contributed by atoms with Crippen molar-refractivity contribution in [1.82, 2.24) is 10.3 Å². The largest absolute Gasteiger partial charge is 0.332 e. The fourth-order valence-electron chi connectivity index (χ4n) is 3.09. The lowest BCUT2D eigenvalue weighted by Crippen LogP contribution is -2.36. The summed E-state index contributed by atoms with van der Waals surface area (Å²) >= 11 is 1.56. The van der Waals surface area contributed by atoms with Crippen molar-refractivity contribution in [3.8, 4) is 0 Å². The fourth-order valence-corrected chi connectivity index (χ4v) is 5.84. The van der Waals surface area contributed by atoms with Gasteiger partial charge in [0, 0.05) is 5.69 Å². The summed E-state index contributed by atoms with van der Waals surface area (Å²) in [6, 6.07) is 4.77. The monoisotopic (exact) mass is 323 g/mol. The zero-order valence-corrected chi connectivity index (χ0v) is 12.9. The van der Waals surface area contributed by atoms with E-state index in [1.807, 2.05) is 25.1 Å². The third-order valence-corrected chi connectivity index (χ3v) is 6.59. The predicted molar refractivity (Wildman–Crippen MR) is 81.6 cm³/mol. The van der Waals surface area contributed by atoms with Gasteiger partial charge in [0.1, 0.15) is 0 Å². The number of sulfone groups is 1. The second kappa shape index (κ2) is 4.17. The summed E-state index contributed by atoms with van der Waals surface area (Å²) in [7, 11) is -3.07. The molecule has 2 atom stereocenters. The number of aryl methyl sites for hydroxylation is 1. The lowest BCUT2D eigenvalue weighted by atomic mass is 10.1. The minimum Gasteiger partial charge on any atom is -0.332 e. The van der Waals surface area contributed by atoms with E-state index >= 15 is 0 Å². The van der Waals surface area contributed by atoms with Crippen LogP contribution < -0.4 is 10.2 Å². The van der Waals surface area contributed by atoms with E-state index in [4.69, 9.17) is 0 Å². The van der Waals surface area contributed by atoms with Gasteiger partial charge in [-0.25, -0.2) is 18.2 Å². The average molecular weight is 323 g/mol. The van der Waals surface area contributed by atoms with Crippen LogP contribution in [-0.2, 0) is 9.84 Å². The van der Waals surface area contributed by atoms with Gasteiger partial charge in [-0.15, -0.1) is 11.3 Å². The molecule has 2 amide bonds. The Kier molecular flexibility index (Phi) is 2.59. The van der Waals surface area contributed by atoms with E-state index in [1.165, 1.54) is 0 Å². The number of amides is 2. The Morgan fingerprint density at radius 3 is 3.00 bits per heavy atom. The van der Waals surface area contributed by atoms with Gasteiger partial charge < -0.3 is 5.32 Å². The number of urea groups is 1. The number of nitrogens with zero attached hydrogens (tertiary/aromatic N) is 2. The first-order valence-electron chi connectivity index (χ1n) is 6.60. The van der Waals surface area contributed by atoms with Gasteiger partial charge in [-0.3, -0.25) is 4.90 Å². The van der Waals surface area contributed by atoms with E-state index < -0.39 is 9.84 Å². The number of benzene rings is 1. The Bertz CT molecular complexity index is 859. The number of carbonyl (C=O) groups excluding carboxylic acids is 1. The molecule has 3 heterocycles. The third-order valence-electron chi connectivity index (χ3n) is 3.94. The van der Waals surface area contributed by atoms with Crippen LogP contribution in [0.1, 0.15) is 5.01 Å². The summed E-state index contributed by atoms with van der Waals surface area (Å²) in [5, 5.41) is 3.74. The van der Waals surface area contributed by atoms with Crippen LogP contribution in [0.5, 0.6) is 0 Å². The van der Waals surface area contributed by atoms with E-state index in [0.29, 0.717) is 0 Å². The number of carbonyl (C=O) groups is 1. The number of aromatic nitrogens is 1. The number of rotatable bonds is 1. The smallest absolute Gasteiger partial charge is 0.322 e. The quantitative estimate of drug-likeness (QED) is 0.802. The van der Waals surface area contributed by atoms with Crippen molar-refractivity contribution in [3.05, 3.63) is 23.2 Å². The van der Waals surface area contributed by atoms with Crippen LogP contribution in [0.2, 0.25) is 0 Å². The molecule has 0 spiro atoms. The maximum atomic E-state index is 12.1. The van der Waals surface area contributed by atoms with E-state index in [2.05, 4.69) is 10.3 Å². The molecule has 0 saturated carbocycles. The van der Waals surface area contributed by atoms with E-state index in [0.717, 1.165) is 20.9 Å². The maximum Gasteiger partial charge on any atom is 0.322 e. The third kappa shape index (κ3) is 2.01. The number of fused-ring (bicyclic) bond motifs is 2. The van der Waals surface area contributed by atoms with Gasteiger partial charge in [0.05, 0.1) is 38.8 Å². The molecule has 2 fully saturated rings. The number of hydrogen-bond acceptors (Lipinski definition) is 5. The minimum absolute atomic E-state index is 0.0240. The van der Waals surface area contributed by atoms with E-state index in [9.17, 15) is 13.2 Å². The Morgan fingerprint density at radius 2 is 2.19 bits per heavy atom.